The van der Waals surface area contributed by atoms with E-state index in [1.807, 2.05) is 60.7 Å². The summed E-state index contributed by atoms with van der Waals surface area (Å²) in [5.41, 5.74) is 4.09. The predicted octanol–water partition coefficient (Wildman–Crippen LogP) is 5.65. The van der Waals surface area contributed by atoms with Crippen molar-refractivity contribution >= 4 is 10.9 Å². The largest absolute Gasteiger partial charge is 0.468 e. The van der Waals surface area contributed by atoms with Gasteiger partial charge in [0.05, 0.1) is 19.4 Å². The minimum Gasteiger partial charge on any atom is -0.468 e. The summed E-state index contributed by atoms with van der Waals surface area (Å²) in [5, 5.41) is 13.7. The summed E-state index contributed by atoms with van der Waals surface area (Å²) in [5.74, 6) is 0.913. The third-order valence-corrected chi connectivity index (χ3v) is 7.22. The Labute approximate surface area is 236 Å². The van der Waals surface area contributed by atoms with Crippen LogP contribution >= 0.6 is 0 Å². The first-order chi connectivity index (χ1) is 20.1. The number of fused-ring (bicyclic) bond motifs is 1. The van der Waals surface area contributed by atoms with Gasteiger partial charge in [0.2, 0.25) is 0 Å². The summed E-state index contributed by atoms with van der Waals surface area (Å²) in [6.45, 7) is 3.27. The highest BCUT2D eigenvalue weighted by molar-refractivity contribution is 5.80. The Hall–Kier alpha value is -4.89. The highest BCUT2D eigenvalue weighted by atomic mass is 19.1. The van der Waals surface area contributed by atoms with E-state index in [0.717, 1.165) is 28.5 Å². The molecular weight excluding hydrogens is 519 g/mol. The van der Waals surface area contributed by atoms with Crippen molar-refractivity contribution in [2.75, 3.05) is 0 Å². The normalized spacial score (nSPS) is 12.3. The fourth-order valence-electron chi connectivity index (χ4n) is 5.14. The van der Waals surface area contributed by atoms with Crippen molar-refractivity contribution in [2.24, 2.45) is 0 Å². The Balaban J connectivity index is 1.52. The molecule has 9 heteroatoms. The second kappa shape index (κ2) is 11.7. The molecule has 1 N–H and O–H groups in total. The number of nitrogens with zero attached hydrogens (tertiary/aromatic N) is 5. The molecule has 8 nitrogen and oxygen atoms in total. The Morgan fingerprint density at radius 3 is 2.49 bits per heavy atom. The molecule has 0 aliphatic heterocycles. The van der Waals surface area contributed by atoms with Gasteiger partial charge in [-0.1, -0.05) is 55.5 Å². The average Bonchev–Trinajstić information content (AvgIpc) is 3.67. The molecule has 0 fully saturated rings. The molecule has 0 unspecified atom stereocenters. The van der Waals surface area contributed by atoms with Gasteiger partial charge in [0.1, 0.15) is 17.6 Å². The van der Waals surface area contributed by atoms with Crippen molar-refractivity contribution in [3.05, 3.63) is 147 Å². The number of aryl methyl sites for hydroxylation is 1. The zero-order valence-corrected chi connectivity index (χ0v) is 22.6. The Morgan fingerprint density at radius 2 is 1.73 bits per heavy atom. The van der Waals surface area contributed by atoms with Crippen molar-refractivity contribution in [3.8, 4) is 0 Å². The molecule has 6 aromatic rings. The zero-order valence-electron chi connectivity index (χ0n) is 22.6. The van der Waals surface area contributed by atoms with Crippen molar-refractivity contribution in [1.29, 1.82) is 0 Å². The molecule has 0 bridgehead atoms. The van der Waals surface area contributed by atoms with Gasteiger partial charge < -0.3 is 9.40 Å². The molecule has 1 atom stereocenters. The van der Waals surface area contributed by atoms with Crippen molar-refractivity contribution in [1.82, 2.24) is 30.1 Å². The molecule has 3 aromatic heterocycles. The van der Waals surface area contributed by atoms with Crippen LogP contribution in [0.5, 0.6) is 0 Å². The van der Waals surface area contributed by atoms with Crippen LogP contribution in [-0.4, -0.2) is 30.1 Å². The second-order valence-electron chi connectivity index (χ2n) is 10.0. The first-order valence-corrected chi connectivity index (χ1v) is 13.5. The molecule has 41 heavy (non-hydrogen) atoms. The van der Waals surface area contributed by atoms with Crippen molar-refractivity contribution in [2.45, 2.75) is 39.0 Å². The van der Waals surface area contributed by atoms with Crippen molar-refractivity contribution < 1.29 is 8.81 Å². The third kappa shape index (κ3) is 5.85. The highest BCUT2D eigenvalue weighted by Gasteiger charge is 2.31. The lowest BCUT2D eigenvalue weighted by Crippen LogP contribution is -2.34. The van der Waals surface area contributed by atoms with E-state index in [4.69, 9.17) is 4.42 Å². The van der Waals surface area contributed by atoms with E-state index in [9.17, 15) is 9.18 Å². The van der Waals surface area contributed by atoms with Gasteiger partial charge in [0.15, 0.2) is 5.82 Å². The van der Waals surface area contributed by atoms with Crippen LogP contribution in [0.15, 0.2) is 106 Å². The fourth-order valence-corrected chi connectivity index (χ4v) is 5.14. The lowest BCUT2D eigenvalue weighted by Gasteiger charge is -2.30. The van der Waals surface area contributed by atoms with Gasteiger partial charge in [-0.25, -0.2) is 9.07 Å². The van der Waals surface area contributed by atoms with Crippen LogP contribution in [0, 0.1) is 5.82 Å². The van der Waals surface area contributed by atoms with E-state index in [1.165, 1.54) is 17.7 Å². The summed E-state index contributed by atoms with van der Waals surface area (Å²) in [7, 11) is 0. The van der Waals surface area contributed by atoms with Crippen LogP contribution in [0.25, 0.3) is 10.9 Å². The van der Waals surface area contributed by atoms with Crippen LogP contribution in [-0.2, 0) is 26.1 Å². The number of hydrogen-bond acceptors (Lipinski definition) is 6. The van der Waals surface area contributed by atoms with Gasteiger partial charge in [-0.05, 0) is 81.4 Å². The van der Waals surface area contributed by atoms with Crippen LogP contribution < -0.4 is 5.56 Å². The monoisotopic (exact) mass is 548 g/mol. The Morgan fingerprint density at radius 1 is 0.927 bits per heavy atom. The number of furan rings is 1. The summed E-state index contributed by atoms with van der Waals surface area (Å²) < 4.78 is 21.3. The number of hydrogen-bond donors (Lipinski definition) is 1. The lowest BCUT2D eigenvalue weighted by atomic mass is 10.0. The lowest BCUT2D eigenvalue weighted by molar-refractivity contribution is 0.179. The minimum atomic E-state index is -0.651. The zero-order chi connectivity index (χ0) is 28.2. The number of pyridine rings is 1. The molecule has 0 amide bonds. The van der Waals surface area contributed by atoms with Crippen LogP contribution in [0.2, 0.25) is 0 Å². The molecule has 0 aliphatic carbocycles. The number of halogens is 1. The Kier molecular flexibility index (Phi) is 7.51. The maximum absolute atomic E-state index is 13.8. The molecule has 6 rings (SSSR count). The predicted molar refractivity (Wildman–Crippen MR) is 154 cm³/mol. The van der Waals surface area contributed by atoms with E-state index in [1.54, 1.807) is 23.1 Å². The standard InChI is InChI=1S/C32H29FN6O2/c1-2-22-12-15-29-25(17-22)18-28(32(40)34-29)30(31-35-36-37-39(31)20-23-7-4-3-5-8-23)38(21-27-9-6-16-41-27)19-24-10-13-26(33)14-11-24/h3-18,30H,2,19-21H2,1H3,(H,34,40)/t30-/m0/s1. The number of aromatic amines is 1. The number of aromatic nitrogens is 5. The van der Waals surface area contributed by atoms with Crippen LogP contribution in [0.3, 0.4) is 0 Å². The maximum atomic E-state index is 13.8. The van der Waals surface area contributed by atoms with Gasteiger partial charge in [-0.15, -0.1) is 5.10 Å². The molecule has 0 saturated carbocycles. The fraction of sp³-hybridized carbons (Fsp3) is 0.188. The number of benzene rings is 3. The molecule has 0 aliphatic rings. The number of nitrogens with one attached hydrogen (secondary N) is 1. The molecule has 0 saturated heterocycles. The smallest absolute Gasteiger partial charge is 0.253 e. The summed E-state index contributed by atoms with van der Waals surface area (Å²) >= 11 is 0. The quantitative estimate of drug-likeness (QED) is 0.238. The summed E-state index contributed by atoms with van der Waals surface area (Å²) in [4.78, 5) is 18.9. The molecule has 3 aromatic carbocycles. The van der Waals surface area contributed by atoms with Gasteiger partial charge >= 0.3 is 0 Å². The average molecular weight is 549 g/mol. The number of rotatable bonds is 10. The van der Waals surface area contributed by atoms with E-state index < -0.39 is 6.04 Å². The minimum absolute atomic E-state index is 0.232. The molecule has 3 heterocycles. The third-order valence-electron chi connectivity index (χ3n) is 7.22. The highest BCUT2D eigenvalue weighted by Crippen LogP contribution is 2.31. The van der Waals surface area contributed by atoms with E-state index in [-0.39, 0.29) is 11.4 Å². The first kappa shape index (κ1) is 26.3. The van der Waals surface area contributed by atoms with E-state index in [0.29, 0.717) is 36.8 Å². The molecule has 0 radical (unpaired) electrons. The van der Waals surface area contributed by atoms with Gasteiger partial charge in [0.25, 0.3) is 5.56 Å². The van der Waals surface area contributed by atoms with Crippen LogP contribution in [0.1, 0.15) is 46.8 Å². The SMILES string of the molecule is CCc1ccc2[nH]c(=O)c([C@@H](c3nnnn3Cc3ccccc3)N(Cc3ccc(F)cc3)Cc3ccco3)cc2c1. The van der Waals surface area contributed by atoms with Gasteiger partial charge in [-0.2, -0.15) is 0 Å². The molecule has 206 valence electrons. The number of tetrazole rings is 1. The molecular formula is C32H29FN6O2. The summed E-state index contributed by atoms with van der Waals surface area (Å²) in [6, 6.07) is 27.3. The van der Waals surface area contributed by atoms with E-state index >= 15 is 0 Å². The number of H-pyrrole nitrogens is 1. The van der Waals surface area contributed by atoms with E-state index in [2.05, 4.69) is 38.4 Å². The van der Waals surface area contributed by atoms with Crippen LogP contribution in [0.4, 0.5) is 4.39 Å². The van der Waals surface area contributed by atoms with Gasteiger partial charge in [-0.3, -0.25) is 9.69 Å². The topological polar surface area (TPSA) is 92.8 Å². The first-order valence-electron chi connectivity index (χ1n) is 13.5. The second-order valence-corrected chi connectivity index (χ2v) is 10.0. The van der Waals surface area contributed by atoms with Crippen molar-refractivity contribution in [3.63, 3.8) is 0 Å². The van der Waals surface area contributed by atoms with Gasteiger partial charge in [0, 0.05) is 17.6 Å². The maximum Gasteiger partial charge on any atom is 0.253 e. The summed E-state index contributed by atoms with van der Waals surface area (Å²) in [6.07, 6.45) is 2.49. The Bertz CT molecular complexity index is 1800. The molecule has 0 spiro atoms.